The topological polar surface area (TPSA) is 22.0 Å². The van der Waals surface area contributed by atoms with Crippen LogP contribution in [0.15, 0.2) is 40.9 Å². The van der Waals surface area contributed by atoms with Crippen LogP contribution in [-0.4, -0.2) is 14.8 Å². The predicted molar refractivity (Wildman–Crippen MR) is 122 cm³/mol. The van der Waals surface area contributed by atoms with E-state index in [9.17, 15) is 4.79 Å². The number of rotatable bonds is 6. The van der Waals surface area contributed by atoms with E-state index in [-0.39, 0.29) is 5.78 Å². The number of halogens is 4. The molecule has 2 aromatic carbocycles. The van der Waals surface area contributed by atoms with Gasteiger partial charge in [-0.25, -0.2) is 0 Å². The third kappa shape index (κ3) is 3.58. The molecule has 0 saturated heterocycles. The van der Waals surface area contributed by atoms with Crippen molar-refractivity contribution in [3.63, 3.8) is 0 Å². The second kappa shape index (κ2) is 8.63. The van der Waals surface area contributed by atoms with Crippen molar-refractivity contribution in [2.45, 2.75) is 26.3 Å². The van der Waals surface area contributed by atoms with Crippen LogP contribution in [0.5, 0.6) is 0 Å². The van der Waals surface area contributed by atoms with Crippen LogP contribution in [0.3, 0.4) is 0 Å². The summed E-state index contributed by atoms with van der Waals surface area (Å²) in [6, 6.07) is 11.2. The Morgan fingerprint density at radius 1 is 1.19 bits per heavy atom. The summed E-state index contributed by atoms with van der Waals surface area (Å²) in [7, 11) is 0. The van der Waals surface area contributed by atoms with Gasteiger partial charge in [0, 0.05) is 32.1 Å². The fourth-order valence-electron chi connectivity index (χ4n) is 3.32. The average Bonchev–Trinajstić information content (AvgIpc) is 2.96. The lowest BCUT2D eigenvalue weighted by atomic mass is 9.99. The van der Waals surface area contributed by atoms with Gasteiger partial charge in [0.15, 0.2) is 5.78 Å². The van der Waals surface area contributed by atoms with E-state index in [0.717, 1.165) is 50.4 Å². The zero-order chi connectivity index (χ0) is 18.8. The lowest BCUT2D eigenvalue weighted by Crippen LogP contribution is -2.09. The number of aromatic nitrogens is 1. The van der Waals surface area contributed by atoms with E-state index in [1.165, 1.54) is 0 Å². The van der Waals surface area contributed by atoms with Crippen molar-refractivity contribution in [3.05, 3.63) is 67.7 Å². The molecule has 0 aliphatic rings. The highest BCUT2D eigenvalue weighted by molar-refractivity contribution is 14.1. The maximum atomic E-state index is 13.4. The molecule has 1 aromatic heterocycles. The third-order valence-corrected chi connectivity index (χ3v) is 6.64. The molecule has 0 radical (unpaired) electrons. The number of alkyl halides is 1. The van der Waals surface area contributed by atoms with Gasteiger partial charge in [-0.3, -0.25) is 4.79 Å². The SMILES string of the molecule is CCc1c(C(=O)c2cccc(Cl)c2Cl)c2cccc(Br)c2n1CCCI. The summed E-state index contributed by atoms with van der Waals surface area (Å²) in [5, 5.41) is 1.65. The molecule has 26 heavy (non-hydrogen) atoms. The lowest BCUT2D eigenvalue weighted by Gasteiger charge is -2.11. The van der Waals surface area contributed by atoms with Crippen LogP contribution in [-0.2, 0) is 13.0 Å². The number of para-hydroxylation sites is 1. The van der Waals surface area contributed by atoms with E-state index in [1.807, 2.05) is 18.2 Å². The quantitative estimate of drug-likeness (QED) is 0.175. The van der Waals surface area contributed by atoms with Crippen molar-refractivity contribution in [2.75, 3.05) is 4.43 Å². The summed E-state index contributed by atoms with van der Waals surface area (Å²) in [6.45, 7) is 2.96. The number of aryl methyl sites for hydroxylation is 1. The molecule has 0 unspecified atom stereocenters. The first-order valence-electron chi connectivity index (χ1n) is 8.35. The van der Waals surface area contributed by atoms with Crippen molar-refractivity contribution < 1.29 is 4.79 Å². The number of carbonyl (C=O) groups excluding carboxylic acids is 1. The first kappa shape index (κ1) is 20.2. The zero-order valence-electron chi connectivity index (χ0n) is 14.2. The average molecular weight is 565 g/mol. The van der Waals surface area contributed by atoms with Gasteiger partial charge in [-0.2, -0.15) is 0 Å². The Hall–Kier alpha value is -0.560. The Morgan fingerprint density at radius 3 is 2.62 bits per heavy atom. The molecule has 0 spiro atoms. The van der Waals surface area contributed by atoms with E-state index in [0.29, 0.717) is 15.6 Å². The van der Waals surface area contributed by atoms with Crippen LogP contribution in [0.1, 0.15) is 35.0 Å². The summed E-state index contributed by atoms with van der Waals surface area (Å²) in [4.78, 5) is 13.4. The first-order chi connectivity index (χ1) is 12.5. The number of benzene rings is 2. The van der Waals surface area contributed by atoms with Crippen molar-refractivity contribution in [1.82, 2.24) is 4.57 Å². The third-order valence-electron chi connectivity index (χ3n) is 4.41. The van der Waals surface area contributed by atoms with Crippen LogP contribution in [0.4, 0.5) is 0 Å². The van der Waals surface area contributed by atoms with Gasteiger partial charge in [0.1, 0.15) is 0 Å². The zero-order valence-corrected chi connectivity index (χ0v) is 19.4. The smallest absolute Gasteiger partial charge is 0.197 e. The monoisotopic (exact) mass is 563 g/mol. The van der Waals surface area contributed by atoms with E-state index in [4.69, 9.17) is 23.2 Å². The lowest BCUT2D eigenvalue weighted by molar-refractivity contribution is 0.103. The van der Waals surface area contributed by atoms with Gasteiger partial charge in [0.25, 0.3) is 0 Å². The van der Waals surface area contributed by atoms with Crippen LogP contribution < -0.4 is 0 Å². The Kier molecular flexibility index (Phi) is 6.70. The maximum Gasteiger partial charge on any atom is 0.197 e. The van der Waals surface area contributed by atoms with Gasteiger partial charge < -0.3 is 4.57 Å². The van der Waals surface area contributed by atoms with Gasteiger partial charge >= 0.3 is 0 Å². The first-order valence-corrected chi connectivity index (χ1v) is 11.4. The van der Waals surface area contributed by atoms with Crippen LogP contribution >= 0.6 is 61.7 Å². The number of nitrogens with zero attached hydrogens (tertiary/aromatic N) is 1. The molecule has 0 fully saturated rings. The molecule has 3 rings (SSSR count). The highest BCUT2D eigenvalue weighted by atomic mass is 127. The Bertz CT molecular complexity index is 984. The predicted octanol–water partition coefficient (Wildman–Crippen LogP) is 7.33. The van der Waals surface area contributed by atoms with Crippen LogP contribution in [0.25, 0.3) is 10.9 Å². The summed E-state index contributed by atoms with van der Waals surface area (Å²) in [5.74, 6) is -0.0781. The molecule has 136 valence electrons. The summed E-state index contributed by atoms with van der Waals surface area (Å²) < 4.78 is 4.33. The molecular weight excluding hydrogens is 548 g/mol. The minimum absolute atomic E-state index is 0.0781. The molecule has 3 aromatic rings. The van der Waals surface area contributed by atoms with Gasteiger partial charge in [0.05, 0.1) is 21.1 Å². The van der Waals surface area contributed by atoms with Gasteiger partial charge in [-0.1, -0.05) is 70.9 Å². The van der Waals surface area contributed by atoms with Crippen molar-refractivity contribution >= 4 is 78.4 Å². The van der Waals surface area contributed by atoms with E-state index in [1.54, 1.807) is 18.2 Å². The van der Waals surface area contributed by atoms with Gasteiger partial charge in [-0.15, -0.1) is 0 Å². The fourth-order valence-corrected chi connectivity index (χ4v) is 4.62. The number of ketones is 1. The molecule has 0 bridgehead atoms. The molecule has 0 amide bonds. The normalized spacial score (nSPS) is 11.3. The molecule has 0 saturated carbocycles. The fraction of sp³-hybridized carbons (Fsp3) is 0.250. The highest BCUT2D eigenvalue weighted by Gasteiger charge is 2.25. The summed E-state index contributed by atoms with van der Waals surface area (Å²) in [5.41, 5.74) is 3.27. The molecule has 0 aliphatic carbocycles. The number of hydrogen-bond donors (Lipinski definition) is 0. The van der Waals surface area contributed by atoms with Gasteiger partial charge in [-0.05, 0) is 47.0 Å². The van der Waals surface area contributed by atoms with Crippen LogP contribution in [0, 0.1) is 0 Å². The molecule has 1 heterocycles. The number of carbonyl (C=O) groups is 1. The summed E-state index contributed by atoms with van der Waals surface area (Å²) >= 11 is 18.5. The molecular formula is C20H17BrCl2INO. The minimum atomic E-state index is -0.0781. The van der Waals surface area contributed by atoms with E-state index < -0.39 is 0 Å². The van der Waals surface area contributed by atoms with Crippen molar-refractivity contribution in [3.8, 4) is 0 Å². The molecule has 2 nitrogen and oxygen atoms in total. The highest BCUT2D eigenvalue weighted by Crippen LogP contribution is 2.36. The Labute approximate surface area is 185 Å². The number of fused-ring (bicyclic) bond motifs is 1. The molecule has 0 N–H and O–H groups in total. The van der Waals surface area contributed by atoms with Gasteiger partial charge in [0.2, 0.25) is 0 Å². The second-order valence-electron chi connectivity index (χ2n) is 5.94. The van der Waals surface area contributed by atoms with Crippen molar-refractivity contribution in [2.24, 2.45) is 0 Å². The van der Waals surface area contributed by atoms with Crippen LogP contribution in [0.2, 0.25) is 10.0 Å². The maximum absolute atomic E-state index is 13.4. The second-order valence-corrected chi connectivity index (χ2v) is 8.65. The largest absolute Gasteiger partial charge is 0.343 e. The standard InChI is InChI=1S/C20H17BrCl2INO/c1-2-16-17(20(26)13-7-4-9-15(22)18(13)23)12-6-3-8-14(21)19(12)25(16)11-5-10-24/h3-4,6-9H,2,5,10-11H2,1H3. The molecule has 6 heteroatoms. The van der Waals surface area contributed by atoms with Crippen molar-refractivity contribution in [1.29, 1.82) is 0 Å². The minimum Gasteiger partial charge on any atom is -0.343 e. The summed E-state index contributed by atoms with van der Waals surface area (Å²) in [6.07, 6.45) is 1.81. The number of hydrogen-bond acceptors (Lipinski definition) is 1. The Balaban J connectivity index is 2.30. The van der Waals surface area contributed by atoms with E-state index >= 15 is 0 Å². The Morgan fingerprint density at radius 2 is 1.92 bits per heavy atom. The molecule has 0 aliphatic heterocycles. The van der Waals surface area contributed by atoms with E-state index in [2.05, 4.69) is 50.0 Å². The molecule has 0 atom stereocenters.